The van der Waals surface area contributed by atoms with Crippen LogP contribution in [-0.2, 0) is 11.3 Å². The van der Waals surface area contributed by atoms with E-state index in [-0.39, 0.29) is 0 Å². The summed E-state index contributed by atoms with van der Waals surface area (Å²) in [5.74, 6) is 2.55. The molecule has 4 rings (SSSR count). The molecule has 3 fully saturated rings. The summed E-state index contributed by atoms with van der Waals surface area (Å²) in [6.45, 7) is 12.2. The number of aromatic nitrogens is 1. The Bertz CT molecular complexity index is 758. The van der Waals surface area contributed by atoms with Gasteiger partial charge >= 0.3 is 0 Å². The molecule has 32 heavy (non-hydrogen) atoms. The van der Waals surface area contributed by atoms with E-state index in [1.807, 2.05) is 20.0 Å². The number of nitrogens with zero attached hydrogens (tertiary/aromatic N) is 6. The summed E-state index contributed by atoms with van der Waals surface area (Å²) in [6.07, 6.45) is 4.63. The first-order valence-electron chi connectivity index (χ1n) is 12.2. The van der Waals surface area contributed by atoms with Gasteiger partial charge in [0.15, 0.2) is 5.96 Å². The van der Waals surface area contributed by atoms with Gasteiger partial charge < -0.3 is 19.6 Å². The van der Waals surface area contributed by atoms with Crippen molar-refractivity contribution >= 4 is 11.9 Å². The van der Waals surface area contributed by atoms with Crippen LogP contribution in [0.4, 0.5) is 0 Å². The number of amides is 1. The van der Waals surface area contributed by atoms with Gasteiger partial charge in [0.2, 0.25) is 5.91 Å². The van der Waals surface area contributed by atoms with E-state index < -0.39 is 0 Å². The van der Waals surface area contributed by atoms with Crippen LogP contribution in [0.2, 0.25) is 0 Å². The van der Waals surface area contributed by atoms with Crippen molar-refractivity contribution in [1.29, 1.82) is 0 Å². The molecule has 0 aromatic carbocycles. The Kier molecular flexibility index (Phi) is 8.02. The van der Waals surface area contributed by atoms with Crippen LogP contribution in [0, 0.1) is 12.8 Å². The average Bonchev–Trinajstić information content (AvgIpc) is 3.50. The minimum atomic E-state index is 0.298. The third-order valence-electron chi connectivity index (χ3n) is 7.05. The number of guanidine groups is 1. The highest BCUT2D eigenvalue weighted by Crippen LogP contribution is 2.26. The molecule has 1 aromatic heterocycles. The summed E-state index contributed by atoms with van der Waals surface area (Å²) in [4.78, 5) is 26.4. The molecule has 9 nitrogen and oxygen atoms in total. The zero-order chi connectivity index (χ0) is 22.3. The van der Waals surface area contributed by atoms with Crippen LogP contribution in [0.25, 0.3) is 0 Å². The quantitative estimate of drug-likeness (QED) is 0.517. The molecule has 1 aliphatic carbocycles. The lowest BCUT2D eigenvalue weighted by atomic mass is 10.1. The molecule has 9 heteroatoms. The monoisotopic (exact) mass is 445 g/mol. The summed E-state index contributed by atoms with van der Waals surface area (Å²) in [6, 6.07) is 2.01. The first kappa shape index (κ1) is 23.0. The van der Waals surface area contributed by atoms with Crippen molar-refractivity contribution in [2.45, 2.75) is 39.2 Å². The van der Waals surface area contributed by atoms with Crippen molar-refractivity contribution in [3.05, 3.63) is 17.5 Å². The fourth-order valence-corrected chi connectivity index (χ4v) is 5.12. The fraction of sp³-hybridized carbons (Fsp3) is 0.783. The van der Waals surface area contributed by atoms with E-state index in [9.17, 15) is 4.79 Å². The Morgan fingerprint density at radius 1 is 1.06 bits per heavy atom. The molecule has 0 bridgehead atoms. The number of aliphatic imine (C=N–C) groups is 1. The second-order valence-corrected chi connectivity index (χ2v) is 9.31. The number of rotatable bonds is 6. The van der Waals surface area contributed by atoms with Crippen molar-refractivity contribution in [3.63, 3.8) is 0 Å². The van der Waals surface area contributed by atoms with Gasteiger partial charge in [-0.05, 0) is 19.8 Å². The minimum Gasteiger partial charge on any atom is -0.361 e. The van der Waals surface area contributed by atoms with Crippen LogP contribution >= 0.6 is 0 Å². The van der Waals surface area contributed by atoms with Gasteiger partial charge in [-0.2, -0.15) is 0 Å². The van der Waals surface area contributed by atoms with Crippen LogP contribution in [-0.4, -0.2) is 109 Å². The van der Waals surface area contributed by atoms with Gasteiger partial charge in [0.1, 0.15) is 5.76 Å². The molecule has 3 aliphatic rings. The maximum absolute atomic E-state index is 12.6. The third-order valence-corrected chi connectivity index (χ3v) is 7.05. The van der Waals surface area contributed by atoms with Crippen molar-refractivity contribution in [2.75, 3.05) is 72.5 Å². The fourth-order valence-electron chi connectivity index (χ4n) is 5.12. The highest BCUT2D eigenvalue weighted by molar-refractivity contribution is 5.80. The standard InChI is InChI=1S/C23H39N7O2/c1-19-17-21(26-32-19)18-28-11-15-30(16-12-28)23(24-2)25-7-8-27-9-13-29(14-10-27)22(31)20-5-3-4-6-20/h17,20H,3-16,18H2,1-2H3,(H,24,25). The Balaban J connectivity index is 1.12. The lowest BCUT2D eigenvalue weighted by Gasteiger charge is -2.37. The minimum absolute atomic E-state index is 0.298. The van der Waals surface area contributed by atoms with Crippen molar-refractivity contribution in [2.24, 2.45) is 10.9 Å². The second-order valence-electron chi connectivity index (χ2n) is 9.31. The van der Waals surface area contributed by atoms with Gasteiger partial charge in [0, 0.05) is 91.0 Å². The highest BCUT2D eigenvalue weighted by Gasteiger charge is 2.29. The van der Waals surface area contributed by atoms with Gasteiger partial charge in [-0.3, -0.25) is 19.6 Å². The Morgan fingerprint density at radius 2 is 1.72 bits per heavy atom. The first-order valence-corrected chi connectivity index (χ1v) is 12.2. The molecule has 0 spiro atoms. The van der Waals surface area contributed by atoms with Crippen molar-refractivity contribution in [3.8, 4) is 0 Å². The Morgan fingerprint density at radius 3 is 2.34 bits per heavy atom. The van der Waals surface area contributed by atoms with Crippen LogP contribution in [0.3, 0.4) is 0 Å². The number of carbonyl (C=O) groups is 1. The number of aryl methyl sites for hydroxylation is 1. The molecule has 1 N–H and O–H groups in total. The zero-order valence-electron chi connectivity index (χ0n) is 19.8. The predicted octanol–water partition coefficient (Wildman–Crippen LogP) is 1.01. The van der Waals surface area contributed by atoms with Gasteiger partial charge in [0.25, 0.3) is 0 Å². The van der Waals surface area contributed by atoms with Gasteiger partial charge in [-0.25, -0.2) is 0 Å². The SMILES string of the molecule is CN=C(NCCN1CCN(C(=O)C2CCCC2)CC1)N1CCN(Cc2cc(C)on2)CC1. The van der Waals surface area contributed by atoms with Crippen LogP contribution in [0.1, 0.15) is 37.1 Å². The van der Waals surface area contributed by atoms with Gasteiger partial charge in [-0.1, -0.05) is 18.0 Å². The number of hydrogen-bond donors (Lipinski definition) is 1. The molecule has 2 aliphatic heterocycles. The molecular formula is C23H39N7O2. The molecule has 178 valence electrons. The third kappa shape index (κ3) is 6.01. The largest absolute Gasteiger partial charge is 0.361 e. The van der Waals surface area contributed by atoms with E-state index in [4.69, 9.17) is 4.52 Å². The van der Waals surface area contributed by atoms with Crippen LogP contribution in [0.5, 0.6) is 0 Å². The number of carbonyl (C=O) groups excluding carboxylic acids is 1. The highest BCUT2D eigenvalue weighted by atomic mass is 16.5. The first-order chi connectivity index (χ1) is 15.6. The van der Waals surface area contributed by atoms with Crippen molar-refractivity contribution in [1.82, 2.24) is 30.1 Å². The summed E-state index contributed by atoms with van der Waals surface area (Å²) in [5, 5.41) is 7.65. The summed E-state index contributed by atoms with van der Waals surface area (Å²) in [5.41, 5.74) is 1.00. The van der Waals surface area contributed by atoms with E-state index in [0.29, 0.717) is 11.8 Å². The van der Waals surface area contributed by atoms with E-state index in [0.717, 1.165) is 102 Å². The van der Waals surface area contributed by atoms with E-state index in [1.54, 1.807) is 0 Å². The summed E-state index contributed by atoms with van der Waals surface area (Å²) in [7, 11) is 1.86. The smallest absolute Gasteiger partial charge is 0.225 e. The molecule has 0 unspecified atom stereocenters. The summed E-state index contributed by atoms with van der Waals surface area (Å²) >= 11 is 0. The molecule has 0 atom stereocenters. The lowest BCUT2D eigenvalue weighted by molar-refractivity contribution is -0.137. The molecule has 0 radical (unpaired) electrons. The molecule has 1 saturated carbocycles. The predicted molar refractivity (Wildman–Crippen MR) is 124 cm³/mol. The normalized spacial score (nSPS) is 22.0. The molecule has 2 saturated heterocycles. The maximum Gasteiger partial charge on any atom is 0.225 e. The molecule has 1 amide bonds. The molecule has 1 aromatic rings. The van der Waals surface area contributed by atoms with Crippen LogP contribution in [0.15, 0.2) is 15.6 Å². The van der Waals surface area contributed by atoms with E-state index in [2.05, 4.69) is 35.1 Å². The van der Waals surface area contributed by atoms with Gasteiger partial charge in [0.05, 0.1) is 5.69 Å². The van der Waals surface area contributed by atoms with Crippen molar-refractivity contribution < 1.29 is 9.32 Å². The number of nitrogens with one attached hydrogen (secondary N) is 1. The average molecular weight is 446 g/mol. The van der Waals surface area contributed by atoms with Gasteiger partial charge in [-0.15, -0.1) is 0 Å². The Labute approximate surface area is 191 Å². The number of hydrogen-bond acceptors (Lipinski definition) is 6. The van der Waals surface area contributed by atoms with E-state index >= 15 is 0 Å². The van der Waals surface area contributed by atoms with Crippen LogP contribution < -0.4 is 5.32 Å². The molecule has 3 heterocycles. The van der Waals surface area contributed by atoms with E-state index in [1.165, 1.54) is 12.8 Å². The Hall–Kier alpha value is -2.13. The molecular weight excluding hydrogens is 406 g/mol. The number of piperazine rings is 2. The summed E-state index contributed by atoms with van der Waals surface area (Å²) < 4.78 is 5.18. The second kappa shape index (κ2) is 11.1. The lowest BCUT2D eigenvalue weighted by Crippen LogP contribution is -2.54. The zero-order valence-corrected chi connectivity index (χ0v) is 19.8. The topological polar surface area (TPSA) is 80.5 Å². The maximum atomic E-state index is 12.6.